The largest absolute Gasteiger partial charge is 0.348 e. The summed E-state index contributed by atoms with van der Waals surface area (Å²) in [6.07, 6.45) is 3.08. The summed E-state index contributed by atoms with van der Waals surface area (Å²) in [6.45, 7) is 6.28. The molecule has 0 fully saturated rings. The molecule has 20 heavy (non-hydrogen) atoms. The van der Waals surface area contributed by atoms with E-state index in [1.54, 1.807) is 0 Å². The van der Waals surface area contributed by atoms with Gasteiger partial charge in [-0.05, 0) is 12.8 Å². The molecule has 0 saturated carbocycles. The smallest absolute Gasteiger partial charge is 0.186 e. The topological polar surface area (TPSA) is 33.2 Å². The lowest BCUT2D eigenvalue weighted by atomic mass is 10.1. The summed E-state index contributed by atoms with van der Waals surface area (Å²) in [5.74, 6) is 0. The molecule has 0 aliphatic heterocycles. The van der Waals surface area contributed by atoms with Crippen LogP contribution in [0, 0.1) is 0 Å². The van der Waals surface area contributed by atoms with Gasteiger partial charge in [-0.2, -0.15) is 0 Å². The van der Waals surface area contributed by atoms with E-state index in [4.69, 9.17) is 4.98 Å². The Bertz CT molecular complexity index is 545. The van der Waals surface area contributed by atoms with E-state index in [1.807, 2.05) is 30.3 Å². The summed E-state index contributed by atoms with van der Waals surface area (Å²) in [7, 11) is 0. The minimum atomic E-state index is 0.711. The lowest BCUT2D eigenvalue weighted by Crippen LogP contribution is -2.24. The number of thiazole rings is 1. The van der Waals surface area contributed by atoms with Gasteiger partial charge >= 0.3 is 0 Å². The Morgan fingerprint density at radius 3 is 2.35 bits per heavy atom. The summed E-state index contributed by atoms with van der Waals surface area (Å²) < 4.78 is 0. The first kappa shape index (κ1) is 14.7. The van der Waals surface area contributed by atoms with Crippen molar-refractivity contribution in [2.45, 2.75) is 26.7 Å². The van der Waals surface area contributed by atoms with Crippen LogP contribution in [-0.4, -0.2) is 24.4 Å². The van der Waals surface area contributed by atoms with Gasteiger partial charge in [0, 0.05) is 18.7 Å². The van der Waals surface area contributed by atoms with Crippen molar-refractivity contribution < 1.29 is 4.79 Å². The fraction of sp³-hybridized carbons (Fsp3) is 0.375. The molecule has 2 aromatic rings. The van der Waals surface area contributed by atoms with E-state index in [1.165, 1.54) is 11.3 Å². The van der Waals surface area contributed by atoms with Crippen molar-refractivity contribution in [1.29, 1.82) is 0 Å². The van der Waals surface area contributed by atoms with E-state index in [0.717, 1.165) is 48.6 Å². The van der Waals surface area contributed by atoms with E-state index >= 15 is 0 Å². The molecule has 106 valence electrons. The number of aldehydes is 1. The zero-order valence-corrected chi connectivity index (χ0v) is 12.8. The Morgan fingerprint density at radius 2 is 1.80 bits per heavy atom. The molecule has 1 heterocycles. The van der Waals surface area contributed by atoms with Crippen molar-refractivity contribution in [3.8, 4) is 11.3 Å². The minimum absolute atomic E-state index is 0.711. The third kappa shape index (κ3) is 3.25. The molecule has 1 aromatic carbocycles. The third-order valence-corrected chi connectivity index (χ3v) is 4.10. The van der Waals surface area contributed by atoms with E-state index in [-0.39, 0.29) is 0 Å². The van der Waals surface area contributed by atoms with Crippen molar-refractivity contribution in [2.75, 3.05) is 18.0 Å². The predicted octanol–water partition coefficient (Wildman–Crippen LogP) is 4.25. The number of hydrogen-bond donors (Lipinski definition) is 0. The van der Waals surface area contributed by atoms with Gasteiger partial charge in [0.2, 0.25) is 0 Å². The van der Waals surface area contributed by atoms with Crippen LogP contribution in [0.15, 0.2) is 30.3 Å². The molecule has 0 amide bonds. The Morgan fingerprint density at radius 1 is 1.15 bits per heavy atom. The Balaban J connectivity index is 2.37. The van der Waals surface area contributed by atoms with Gasteiger partial charge in [0.05, 0.1) is 10.6 Å². The summed E-state index contributed by atoms with van der Waals surface area (Å²) >= 11 is 1.49. The molecule has 0 atom stereocenters. The van der Waals surface area contributed by atoms with Crippen LogP contribution in [0.2, 0.25) is 0 Å². The van der Waals surface area contributed by atoms with Crippen LogP contribution in [0.25, 0.3) is 11.3 Å². The molecule has 0 radical (unpaired) electrons. The van der Waals surface area contributed by atoms with E-state index in [0.29, 0.717) is 4.88 Å². The van der Waals surface area contributed by atoms with Crippen molar-refractivity contribution in [2.24, 2.45) is 0 Å². The van der Waals surface area contributed by atoms with E-state index in [2.05, 4.69) is 18.7 Å². The van der Waals surface area contributed by atoms with Crippen molar-refractivity contribution in [1.82, 2.24) is 4.98 Å². The van der Waals surface area contributed by atoms with Gasteiger partial charge in [0.15, 0.2) is 11.4 Å². The maximum atomic E-state index is 11.3. The van der Waals surface area contributed by atoms with Gasteiger partial charge in [0.25, 0.3) is 0 Å². The fourth-order valence-electron chi connectivity index (χ4n) is 2.18. The van der Waals surface area contributed by atoms with Gasteiger partial charge in [-0.25, -0.2) is 4.98 Å². The van der Waals surface area contributed by atoms with Crippen LogP contribution < -0.4 is 4.90 Å². The highest BCUT2D eigenvalue weighted by molar-refractivity contribution is 7.17. The number of benzene rings is 1. The molecule has 0 spiro atoms. The van der Waals surface area contributed by atoms with Gasteiger partial charge in [-0.15, -0.1) is 0 Å². The maximum Gasteiger partial charge on any atom is 0.186 e. The first-order valence-electron chi connectivity index (χ1n) is 7.06. The number of carbonyl (C=O) groups is 1. The zero-order valence-electron chi connectivity index (χ0n) is 12.0. The van der Waals surface area contributed by atoms with Crippen LogP contribution >= 0.6 is 11.3 Å². The van der Waals surface area contributed by atoms with Gasteiger partial charge < -0.3 is 4.90 Å². The molecule has 0 aliphatic rings. The number of aromatic nitrogens is 1. The van der Waals surface area contributed by atoms with Crippen molar-refractivity contribution >= 4 is 22.8 Å². The molecule has 0 bridgehead atoms. The van der Waals surface area contributed by atoms with Crippen LogP contribution in [0.5, 0.6) is 0 Å². The lowest BCUT2D eigenvalue weighted by Gasteiger charge is -2.19. The molecule has 1 aromatic heterocycles. The molecule has 0 N–H and O–H groups in total. The molecule has 0 aliphatic carbocycles. The van der Waals surface area contributed by atoms with Crippen LogP contribution in [0.3, 0.4) is 0 Å². The second-order valence-corrected chi connectivity index (χ2v) is 5.69. The first-order chi connectivity index (χ1) is 9.80. The number of anilines is 1. The highest BCUT2D eigenvalue weighted by atomic mass is 32.1. The third-order valence-electron chi connectivity index (χ3n) is 3.05. The predicted molar refractivity (Wildman–Crippen MR) is 85.7 cm³/mol. The standard InChI is InChI=1S/C16H20N2OS/c1-3-10-18(11-4-2)16-17-15(14(12-19)20-16)13-8-6-5-7-9-13/h5-9,12H,3-4,10-11H2,1-2H3. The second kappa shape index (κ2) is 7.20. The normalized spacial score (nSPS) is 10.5. The second-order valence-electron chi connectivity index (χ2n) is 4.68. The Kier molecular flexibility index (Phi) is 5.30. The van der Waals surface area contributed by atoms with Gasteiger partial charge in [0.1, 0.15) is 0 Å². The molecule has 2 rings (SSSR count). The number of carbonyl (C=O) groups excluding carboxylic acids is 1. The molecule has 3 nitrogen and oxygen atoms in total. The Hall–Kier alpha value is -1.68. The van der Waals surface area contributed by atoms with Crippen LogP contribution in [-0.2, 0) is 0 Å². The average Bonchev–Trinajstić information content (AvgIpc) is 2.92. The maximum absolute atomic E-state index is 11.3. The fourth-order valence-corrected chi connectivity index (χ4v) is 3.13. The number of nitrogens with zero attached hydrogens (tertiary/aromatic N) is 2. The highest BCUT2D eigenvalue weighted by Crippen LogP contribution is 2.32. The number of hydrogen-bond acceptors (Lipinski definition) is 4. The molecule has 0 unspecified atom stereocenters. The monoisotopic (exact) mass is 288 g/mol. The number of rotatable bonds is 7. The summed E-state index contributed by atoms with van der Waals surface area (Å²) in [4.78, 5) is 19.0. The van der Waals surface area contributed by atoms with Crippen molar-refractivity contribution in [3.05, 3.63) is 35.2 Å². The van der Waals surface area contributed by atoms with Gasteiger partial charge in [-0.1, -0.05) is 55.5 Å². The molecule has 0 saturated heterocycles. The molecular weight excluding hydrogens is 268 g/mol. The first-order valence-corrected chi connectivity index (χ1v) is 7.88. The molecule has 4 heteroatoms. The van der Waals surface area contributed by atoms with Crippen LogP contribution in [0.1, 0.15) is 36.4 Å². The van der Waals surface area contributed by atoms with E-state index in [9.17, 15) is 4.79 Å². The SMILES string of the molecule is CCCN(CCC)c1nc(-c2ccccc2)c(C=O)s1. The summed E-state index contributed by atoms with van der Waals surface area (Å²) in [6, 6.07) is 9.90. The summed E-state index contributed by atoms with van der Waals surface area (Å²) in [5, 5.41) is 0.953. The zero-order chi connectivity index (χ0) is 14.4. The molecular formula is C16H20N2OS. The van der Waals surface area contributed by atoms with Crippen molar-refractivity contribution in [3.63, 3.8) is 0 Å². The lowest BCUT2D eigenvalue weighted by molar-refractivity contribution is 0.112. The Labute approximate surface area is 124 Å². The van der Waals surface area contributed by atoms with Gasteiger partial charge in [-0.3, -0.25) is 4.79 Å². The van der Waals surface area contributed by atoms with Crippen LogP contribution in [0.4, 0.5) is 5.13 Å². The van der Waals surface area contributed by atoms with E-state index < -0.39 is 0 Å². The average molecular weight is 288 g/mol. The summed E-state index contributed by atoms with van der Waals surface area (Å²) in [5.41, 5.74) is 1.81. The highest BCUT2D eigenvalue weighted by Gasteiger charge is 2.16. The quantitative estimate of drug-likeness (QED) is 0.714. The minimum Gasteiger partial charge on any atom is -0.348 e.